The standard InChI is InChI=1S/C28H33NO5S.C2H6/c1-15(31)22-25-20-11-5-9-18(24(20)26(28(33)34-2)29(25)27(22)32)8-3-6-17-7-4-10-19-12-16(14-30)13-21(35)23(17)19;1-2/h4,7,10,12-13,15,18,20,22,25,30-31,35H,3,5-6,8-9,11,14H2,1-2H3;1-2H3. The molecular formula is C30H39NO5S. The minimum atomic E-state index is -0.726. The molecular weight excluding hydrogens is 486 g/mol. The lowest BCUT2D eigenvalue weighted by Crippen LogP contribution is -2.64. The number of rotatable bonds is 7. The number of hydrogen-bond donors (Lipinski definition) is 3. The average Bonchev–Trinajstić information content (AvgIpc) is 3.20. The number of carbonyl (C=O) groups excluding carboxylic acids is 2. The lowest BCUT2D eigenvalue weighted by molar-refractivity contribution is -0.164. The summed E-state index contributed by atoms with van der Waals surface area (Å²) in [5, 5.41) is 22.0. The predicted molar refractivity (Wildman–Crippen MR) is 147 cm³/mol. The van der Waals surface area contributed by atoms with Crippen molar-refractivity contribution in [3.05, 3.63) is 52.7 Å². The Balaban J connectivity index is 0.00000156. The summed E-state index contributed by atoms with van der Waals surface area (Å²) in [5.74, 6) is -0.694. The van der Waals surface area contributed by atoms with Crippen LogP contribution >= 0.6 is 12.6 Å². The third kappa shape index (κ3) is 4.82. The van der Waals surface area contributed by atoms with Crippen molar-refractivity contribution in [3.8, 4) is 0 Å². The molecule has 2 aromatic rings. The summed E-state index contributed by atoms with van der Waals surface area (Å²) >= 11 is 4.69. The molecule has 3 aliphatic rings. The zero-order valence-electron chi connectivity index (χ0n) is 22.2. The third-order valence-electron chi connectivity index (χ3n) is 8.20. The topological polar surface area (TPSA) is 87.1 Å². The number of nitrogens with zero attached hydrogens (tertiary/aromatic N) is 1. The van der Waals surface area contributed by atoms with Crippen LogP contribution in [0, 0.1) is 17.8 Å². The van der Waals surface area contributed by atoms with Crippen LogP contribution in [-0.4, -0.2) is 46.2 Å². The van der Waals surface area contributed by atoms with E-state index in [9.17, 15) is 19.8 Å². The van der Waals surface area contributed by atoms with Gasteiger partial charge in [0.15, 0.2) is 0 Å². The zero-order chi connectivity index (χ0) is 26.9. The molecule has 2 N–H and O–H groups in total. The van der Waals surface area contributed by atoms with Gasteiger partial charge in [0.25, 0.3) is 0 Å². The first kappa shape index (κ1) is 27.7. The largest absolute Gasteiger partial charge is 0.464 e. The summed E-state index contributed by atoms with van der Waals surface area (Å²) in [5.41, 5.74) is 3.59. The Labute approximate surface area is 225 Å². The average molecular weight is 526 g/mol. The lowest BCUT2D eigenvalue weighted by atomic mass is 9.68. The van der Waals surface area contributed by atoms with Gasteiger partial charge >= 0.3 is 5.97 Å². The molecule has 7 heteroatoms. The van der Waals surface area contributed by atoms with Crippen LogP contribution in [0.15, 0.2) is 46.5 Å². The monoisotopic (exact) mass is 525 g/mol. The molecule has 0 spiro atoms. The number of amides is 1. The Morgan fingerprint density at radius 2 is 2.00 bits per heavy atom. The molecule has 5 rings (SSSR count). The van der Waals surface area contributed by atoms with E-state index in [2.05, 4.69) is 12.1 Å². The van der Waals surface area contributed by atoms with E-state index in [0.29, 0.717) is 5.70 Å². The molecule has 2 aromatic carbocycles. The van der Waals surface area contributed by atoms with E-state index in [1.807, 2.05) is 32.0 Å². The lowest BCUT2D eigenvalue weighted by Gasteiger charge is -2.47. The van der Waals surface area contributed by atoms with Gasteiger partial charge in [0, 0.05) is 10.8 Å². The number of methoxy groups -OCH3 is 1. The van der Waals surface area contributed by atoms with Gasteiger partial charge in [-0.05, 0) is 84.6 Å². The number of aryl methyl sites for hydroxylation is 1. The van der Waals surface area contributed by atoms with Gasteiger partial charge in [0.1, 0.15) is 5.70 Å². The highest BCUT2D eigenvalue weighted by Gasteiger charge is 2.62. The number of aliphatic hydroxyl groups excluding tert-OH is 2. The molecule has 1 aliphatic carbocycles. The first-order chi connectivity index (χ1) is 17.9. The number of aliphatic hydroxyl groups is 2. The van der Waals surface area contributed by atoms with Crippen LogP contribution < -0.4 is 0 Å². The van der Waals surface area contributed by atoms with Crippen molar-refractivity contribution in [2.75, 3.05) is 7.11 Å². The molecule has 6 nitrogen and oxygen atoms in total. The highest BCUT2D eigenvalue weighted by atomic mass is 32.1. The Morgan fingerprint density at radius 3 is 2.68 bits per heavy atom. The molecule has 5 atom stereocenters. The van der Waals surface area contributed by atoms with Gasteiger partial charge in [-0.25, -0.2) is 4.79 Å². The number of esters is 1. The van der Waals surface area contributed by atoms with Crippen molar-refractivity contribution in [1.82, 2.24) is 4.90 Å². The number of thiol groups is 1. The SMILES string of the molecule is CC.COC(=O)C1=C2C(CCCc3cccc4cc(CO)cc(S)c34)CCCC2C2C(C(C)O)C(=O)N12. The van der Waals surface area contributed by atoms with Gasteiger partial charge in [-0.2, -0.15) is 0 Å². The van der Waals surface area contributed by atoms with Crippen LogP contribution in [0.25, 0.3) is 10.8 Å². The Morgan fingerprint density at radius 1 is 1.24 bits per heavy atom. The van der Waals surface area contributed by atoms with Crippen LogP contribution in [0.2, 0.25) is 0 Å². The maximum Gasteiger partial charge on any atom is 0.354 e. The van der Waals surface area contributed by atoms with E-state index < -0.39 is 18.0 Å². The number of carbonyl (C=O) groups is 2. The van der Waals surface area contributed by atoms with Crippen LogP contribution in [0.1, 0.15) is 64.0 Å². The molecule has 0 bridgehead atoms. The van der Waals surface area contributed by atoms with Crippen LogP contribution in [0.3, 0.4) is 0 Å². The van der Waals surface area contributed by atoms with E-state index in [1.165, 1.54) is 12.7 Å². The normalized spacial score (nSPS) is 25.2. The molecule has 5 unspecified atom stereocenters. The quantitative estimate of drug-likeness (QED) is 0.268. The van der Waals surface area contributed by atoms with E-state index in [4.69, 9.17) is 17.4 Å². The third-order valence-corrected chi connectivity index (χ3v) is 8.56. The fourth-order valence-electron chi connectivity index (χ4n) is 6.77. The van der Waals surface area contributed by atoms with Crippen molar-refractivity contribution in [2.45, 2.75) is 82.9 Å². The van der Waals surface area contributed by atoms with Gasteiger partial charge in [-0.15, -0.1) is 12.6 Å². The van der Waals surface area contributed by atoms with E-state index in [-0.39, 0.29) is 30.4 Å². The van der Waals surface area contributed by atoms with Crippen LogP contribution in [-0.2, 0) is 27.4 Å². The zero-order valence-corrected chi connectivity index (χ0v) is 23.1. The molecule has 37 heavy (non-hydrogen) atoms. The van der Waals surface area contributed by atoms with Crippen molar-refractivity contribution < 1.29 is 24.5 Å². The Hall–Kier alpha value is -2.35. The van der Waals surface area contributed by atoms with E-state index in [1.54, 1.807) is 11.8 Å². The smallest absolute Gasteiger partial charge is 0.354 e. The first-order valence-corrected chi connectivity index (χ1v) is 14.0. The second-order valence-electron chi connectivity index (χ2n) is 10.2. The molecule has 200 valence electrons. The fraction of sp³-hybridized carbons (Fsp3) is 0.533. The van der Waals surface area contributed by atoms with E-state index >= 15 is 0 Å². The molecule has 0 aromatic heterocycles. The Bertz CT molecular complexity index is 1210. The molecule has 0 radical (unpaired) electrons. The van der Waals surface area contributed by atoms with Crippen molar-refractivity contribution in [3.63, 3.8) is 0 Å². The highest BCUT2D eigenvalue weighted by molar-refractivity contribution is 7.80. The molecule has 1 amide bonds. The minimum Gasteiger partial charge on any atom is -0.464 e. The van der Waals surface area contributed by atoms with Gasteiger partial charge in [0.2, 0.25) is 5.91 Å². The van der Waals surface area contributed by atoms with Crippen molar-refractivity contribution in [1.29, 1.82) is 0 Å². The summed E-state index contributed by atoms with van der Waals surface area (Å²) in [6, 6.07) is 10.0. The van der Waals surface area contributed by atoms with Gasteiger partial charge in [0.05, 0.1) is 31.8 Å². The molecule has 2 aliphatic heterocycles. The van der Waals surface area contributed by atoms with Gasteiger partial charge in [-0.3, -0.25) is 4.79 Å². The number of hydrogen-bond acceptors (Lipinski definition) is 6. The van der Waals surface area contributed by atoms with Crippen molar-refractivity contribution in [2.24, 2.45) is 17.8 Å². The van der Waals surface area contributed by atoms with Gasteiger partial charge < -0.3 is 19.8 Å². The highest BCUT2D eigenvalue weighted by Crippen LogP contribution is 2.54. The molecule has 1 saturated carbocycles. The summed E-state index contributed by atoms with van der Waals surface area (Å²) in [6.07, 6.45) is 5.01. The number of β-lactam (4-membered cyclic amide) rings is 1. The van der Waals surface area contributed by atoms with Crippen LogP contribution in [0.4, 0.5) is 0 Å². The number of benzene rings is 2. The van der Waals surface area contributed by atoms with Crippen molar-refractivity contribution >= 4 is 35.3 Å². The number of fused-ring (bicyclic) bond motifs is 4. The summed E-state index contributed by atoms with van der Waals surface area (Å²) < 4.78 is 5.10. The maximum atomic E-state index is 12.9. The second-order valence-corrected chi connectivity index (χ2v) is 10.7. The summed E-state index contributed by atoms with van der Waals surface area (Å²) in [7, 11) is 1.37. The summed E-state index contributed by atoms with van der Waals surface area (Å²) in [4.78, 5) is 28.2. The Kier molecular flexibility index (Phi) is 8.66. The first-order valence-electron chi connectivity index (χ1n) is 13.5. The predicted octanol–water partition coefficient (Wildman–Crippen LogP) is 5.03. The molecule has 1 saturated heterocycles. The minimum absolute atomic E-state index is 0.00928. The van der Waals surface area contributed by atoms with E-state index in [0.717, 1.165) is 65.3 Å². The summed E-state index contributed by atoms with van der Waals surface area (Å²) in [6.45, 7) is 5.66. The van der Waals surface area contributed by atoms with Crippen LogP contribution in [0.5, 0.6) is 0 Å². The van der Waals surface area contributed by atoms with Gasteiger partial charge in [-0.1, -0.05) is 38.5 Å². The second kappa shape index (κ2) is 11.6. The maximum absolute atomic E-state index is 12.9. The molecule has 2 fully saturated rings. The fourth-order valence-corrected chi connectivity index (χ4v) is 7.21. The molecule has 2 heterocycles. The number of ether oxygens (including phenoxy) is 1.